The Morgan fingerprint density at radius 3 is 1.36 bits per heavy atom. The molecule has 7 aromatic heterocycles. The summed E-state index contributed by atoms with van der Waals surface area (Å²) in [4.78, 5) is 71.6. The van der Waals surface area contributed by atoms with Gasteiger partial charge in [-0.3, -0.25) is 102 Å². The fourth-order valence-electron chi connectivity index (χ4n) is 17.0. The molecule has 0 atom stereocenters. The van der Waals surface area contributed by atoms with Gasteiger partial charge in [0.15, 0.2) is 5.76 Å². The molecule has 10 aliphatic heterocycles. The van der Waals surface area contributed by atoms with Gasteiger partial charge in [-0.05, 0) is 201 Å². The van der Waals surface area contributed by atoms with Crippen LogP contribution in [-0.4, -0.2) is 257 Å². The molecule has 17 heterocycles. The first-order chi connectivity index (χ1) is 57.4. The second-order valence-electron chi connectivity index (χ2n) is 35.8. The van der Waals surface area contributed by atoms with Gasteiger partial charge < -0.3 is 9.09 Å². The van der Waals surface area contributed by atoms with Crippen molar-refractivity contribution >= 4 is 5.71 Å². The van der Waals surface area contributed by atoms with E-state index in [1.165, 1.54) is 84.3 Å². The van der Waals surface area contributed by atoms with E-state index in [2.05, 4.69) is 271 Å². The molecule has 688 valence electrons. The van der Waals surface area contributed by atoms with E-state index < -0.39 is 0 Å². The third kappa shape index (κ3) is 27.6. The normalized spacial score (nSPS) is 17.9. The quantitative estimate of drug-likeness (QED) is 0.0977. The van der Waals surface area contributed by atoms with Crippen LogP contribution in [0.3, 0.4) is 0 Å². The molecular weight excluding hydrogens is 1540 g/mol. The van der Waals surface area contributed by atoms with Crippen molar-refractivity contribution in [2.75, 3.05) is 78.5 Å². The van der Waals surface area contributed by atoms with Gasteiger partial charge in [0, 0.05) is 235 Å². The van der Waals surface area contributed by atoms with Gasteiger partial charge in [-0.1, -0.05) is 39.8 Å². The molecule has 0 bridgehead atoms. The van der Waals surface area contributed by atoms with Crippen LogP contribution >= 0.6 is 0 Å². The summed E-state index contributed by atoms with van der Waals surface area (Å²) in [6.45, 7) is 77.4. The largest absolute Gasteiger partial charge is 0.382 e. The summed E-state index contributed by atoms with van der Waals surface area (Å²) in [6.07, 6.45) is 11.9. The third-order valence-electron chi connectivity index (χ3n) is 25.3. The van der Waals surface area contributed by atoms with E-state index in [0.717, 1.165) is 195 Å². The first-order valence-corrected chi connectivity index (χ1v) is 45.7. The second-order valence-corrected chi connectivity index (χ2v) is 35.8. The van der Waals surface area contributed by atoms with Crippen molar-refractivity contribution in [3.8, 4) is 0 Å². The Bertz CT molecular complexity index is 4530. The van der Waals surface area contributed by atoms with E-state index in [-0.39, 0.29) is 27.1 Å². The highest BCUT2D eigenvalue weighted by Crippen LogP contribution is 2.28. The molecule has 0 fully saturated rings. The number of hydrogen-bond donors (Lipinski definition) is 4. The van der Waals surface area contributed by atoms with Crippen molar-refractivity contribution in [3.63, 3.8) is 0 Å². The summed E-state index contributed by atoms with van der Waals surface area (Å²) in [7, 11) is 7.92. The number of rotatable bonds is 9. The number of halogens is 1. The monoisotopic (exact) mass is 1700 g/mol. The van der Waals surface area contributed by atoms with E-state index in [1.807, 2.05) is 67.4 Å². The van der Waals surface area contributed by atoms with Crippen LogP contribution < -0.4 is 22.4 Å². The fourth-order valence-corrected chi connectivity index (χ4v) is 17.0. The summed E-state index contributed by atoms with van der Waals surface area (Å²) < 4.78 is 16.8. The lowest BCUT2D eigenvalue weighted by molar-refractivity contribution is 0.172. The van der Waals surface area contributed by atoms with E-state index >= 15 is 0 Å². The molecule has 0 saturated carbocycles. The lowest BCUT2D eigenvalue weighted by Gasteiger charge is -2.31. The minimum atomic E-state index is -0.0848. The molecule has 0 spiro atoms. The zero-order valence-electron chi connectivity index (χ0n) is 81.0. The minimum absolute atomic E-state index is 0. The zero-order valence-corrected chi connectivity index (χ0v) is 81.0. The van der Waals surface area contributed by atoms with Crippen molar-refractivity contribution in [1.29, 1.82) is 0 Å². The van der Waals surface area contributed by atoms with E-state index in [9.17, 15) is 19.2 Å². The minimum Gasteiger partial charge on any atom is -0.382 e. The first kappa shape index (κ1) is 103. The van der Waals surface area contributed by atoms with Crippen LogP contribution in [0.4, 0.5) is 4.70 Å². The highest BCUT2D eigenvalue weighted by atomic mass is 19.0. The molecule has 30 nitrogen and oxygen atoms in total. The molecular formula is C91H162FN25O5. The Morgan fingerprint density at radius 1 is 0.385 bits per heavy atom. The lowest BCUT2D eigenvalue weighted by Crippen LogP contribution is -2.40. The molecule has 10 aliphatic rings. The molecule has 122 heavy (non-hydrogen) atoms. The SMILES string of the molecule is CC.CC.CC(C)N1CC=CCC1.CC(C)N1CCc2c(c(=O)[nH]n2C)C1.CC(C)N1CCc2c(n(C)[nH]c2=O)C1.CC(C)N1CCc2c(o[nH]c2=O)C1.CC(C)N1CCn2c(n[nH]c2=O)C1.CC1=NCC2=C1CCN(C(C)C)C2.Cc1nn(C)c2c1CCN(C(C)C)C2.Cc1nn(C)c2c1CN(C(C)C)CC2.Cc1nnc2n1CCN(C(C)C)C2.F. The summed E-state index contributed by atoms with van der Waals surface area (Å²) in [5.41, 5.74) is 17.7. The Morgan fingerprint density at radius 2 is 0.820 bits per heavy atom. The van der Waals surface area contributed by atoms with Gasteiger partial charge in [-0.25, -0.2) is 9.89 Å². The Hall–Kier alpha value is -7.75. The van der Waals surface area contributed by atoms with Gasteiger partial charge >= 0.3 is 5.69 Å². The van der Waals surface area contributed by atoms with Gasteiger partial charge in [0.05, 0.1) is 60.1 Å². The molecule has 17 rings (SSSR count). The van der Waals surface area contributed by atoms with Crippen molar-refractivity contribution in [2.24, 2.45) is 33.2 Å². The average molecular weight is 1710 g/mol. The molecule has 0 radical (unpaired) electrons. The maximum absolute atomic E-state index is 11.5. The Balaban J connectivity index is 0.000000211. The van der Waals surface area contributed by atoms with Crippen LogP contribution in [-0.2, 0) is 119 Å². The fraction of sp³-hybridized carbons (Fsp3) is 0.736. The van der Waals surface area contributed by atoms with Gasteiger partial charge in [-0.15, -0.1) is 10.2 Å². The van der Waals surface area contributed by atoms with Gasteiger partial charge in [-0.2, -0.15) is 20.5 Å². The molecule has 0 amide bonds. The Labute approximate surface area is 729 Å². The summed E-state index contributed by atoms with van der Waals surface area (Å²) >= 11 is 0. The molecule has 0 unspecified atom stereocenters. The van der Waals surface area contributed by atoms with Crippen molar-refractivity contribution in [2.45, 2.75) is 338 Å². The van der Waals surface area contributed by atoms with E-state index in [0.29, 0.717) is 48.3 Å². The number of aliphatic imine (C=N–C) groups is 1. The number of H-pyrrole nitrogens is 4. The van der Waals surface area contributed by atoms with Crippen LogP contribution in [0.2, 0.25) is 0 Å². The number of aryl methyl sites for hydroxylation is 7. The van der Waals surface area contributed by atoms with Gasteiger partial charge in [0.2, 0.25) is 0 Å². The molecule has 0 aromatic carbocycles. The molecule has 4 N–H and O–H groups in total. The average Bonchev–Trinajstić information content (AvgIpc) is 1.65. The molecule has 0 aliphatic carbocycles. The first-order valence-electron chi connectivity index (χ1n) is 45.7. The van der Waals surface area contributed by atoms with Crippen molar-refractivity contribution < 1.29 is 9.23 Å². The predicted molar refractivity (Wildman–Crippen MR) is 494 cm³/mol. The number of nitrogens with one attached hydrogen (secondary N) is 4. The van der Waals surface area contributed by atoms with Crippen LogP contribution in [0.15, 0.2) is 52.0 Å². The predicted octanol–water partition coefficient (Wildman–Crippen LogP) is 11.0. The van der Waals surface area contributed by atoms with E-state index in [1.54, 1.807) is 15.7 Å². The topological polar surface area (TPSA) is 280 Å². The van der Waals surface area contributed by atoms with E-state index in [4.69, 9.17) is 4.52 Å². The van der Waals surface area contributed by atoms with Crippen LogP contribution in [0.1, 0.15) is 257 Å². The summed E-state index contributed by atoms with van der Waals surface area (Å²) in [6, 6.07) is 5.36. The van der Waals surface area contributed by atoms with Gasteiger partial charge in [0.25, 0.3) is 16.7 Å². The molecule has 0 saturated heterocycles. The van der Waals surface area contributed by atoms with Crippen LogP contribution in [0.25, 0.3) is 0 Å². The highest BCUT2D eigenvalue weighted by Gasteiger charge is 2.31. The number of nitrogens with zero attached hydrogens (tertiary/aromatic N) is 21. The second kappa shape index (κ2) is 48.7. The Kier molecular flexibility index (Phi) is 41.1. The molecule has 31 heteroatoms. The maximum atomic E-state index is 11.5. The smallest absolute Gasteiger partial charge is 0.343 e. The van der Waals surface area contributed by atoms with Crippen LogP contribution in [0.5, 0.6) is 0 Å². The van der Waals surface area contributed by atoms with Crippen molar-refractivity contribution in [1.82, 2.24) is 118 Å². The third-order valence-corrected chi connectivity index (χ3v) is 25.3. The zero-order chi connectivity index (χ0) is 89.5. The standard InChI is InChI=1S/2C11H19N3.C11H18N2.2C10H17N3O.C9H16N4.C9H14N2O2.C8H14N4O.C8H15N.2C2H6.FH/c1-8(2)14-6-5-11-10(7-14)9(3)12-13(11)4;1-8(2)14-6-5-10-9(3)12-13(4)11(10)7-14;1-8(2)13-5-4-11-9(3)12-6-10(11)7-13;1-7(2)13-5-4-9-8(6-13)10(14)11-12(9)3;1-7(2)13-5-4-8-9(6-13)12(3)11-10(8)14;1-7(2)12-4-5-13-8(3)10-11-9(13)6-12;1-6(2)11-4-3-7-8(5-11)13-10-9(7)12;1-6(2)11-3-4-12-7(5-11)9-10-8(12)13;1-8(2)9-6-4-3-5-7-9;2*1-2;/h2*8H,5-7H2,1-4H3;8H,4-7H2,1-3H3;2*7H,4-6H2,1-3H3,(H,11,14);7H,4-6H2,1-3H3;6H,3-5H2,1-2H3,(H,10,12);6H,3-5H2,1-2H3,(H,10,13);3-4,8H,5-7H2,1-2H3;2*1-2H3;1H. The lowest BCUT2D eigenvalue weighted by atomic mass is 9.98. The van der Waals surface area contributed by atoms with Gasteiger partial charge in [0.1, 0.15) is 17.5 Å². The number of fused-ring (bicyclic) bond motifs is 7. The highest BCUT2D eigenvalue weighted by molar-refractivity contribution is 6.01. The summed E-state index contributed by atoms with van der Waals surface area (Å²) in [5, 5.41) is 31.6. The summed E-state index contributed by atoms with van der Waals surface area (Å²) in [5.74, 6) is 3.81. The van der Waals surface area contributed by atoms with Crippen molar-refractivity contribution in [3.05, 3.63) is 150 Å². The number of aromatic amines is 4. The molecule has 7 aromatic rings. The van der Waals surface area contributed by atoms with Crippen LogP contribution in [0, 0.1) is 20.8 Å². The number of hydrogen-bond acceptors (Lipinski definition) is 20. The maximum Gasteiger partial charge on any atom is 0.343 e. The number of aromatic nitrogens is 15.